The van der Waals surface area contributed by atoms with Crippen LogP contribution in [-0.4, -0.2) is 19.3 Å². The van der Waals surface area contributed by atoms with Crippen molar-refractivity contribution in [2.24, 2.45) is 0 Å². The van der Waals surface area contributed by atoms with Crippen LogP contribution in [0.5, 0.6) is 11.5 Å². The molecule has 22 heavy (non-hydrogen) atoms. The minimum absolute atomic E-state index is 0.552. The van der Waals surface area contributed by atoms with Gasteiger partial charge < -0.3 is 20.1 Å². The molecule has 0 saturated carbocycles. The van der Waals surface area contributed by atoms with Crippen molar-refractivity contribution in [2.45, 2.75) is 13.5 Å². The van der Waals surface area contributed by atoms with E-state index in [0.717, 1.165) is 5.69 Å². The molecule has 2 N–H and O–H groups in total. The van der Waals surface area contributed by atoms with Crippen molar-refractivity contribution in [3.8, 4) is 11.5 Å². The Bertz CT molecular complexity index is 619. The van der Waals surface area contributed by atoms with Crippen molar-refractivity contribution in [3.63, 3.8) is 0 Å². The Morgan fingerprint density at radius 1 is 1.00 bits per heavy atom. The maximum atomic E-state index is 5.32. The number of methoxy groups -OCH3 is 2. The summed E-state index contributed by atoms with van der Waals surface area (Å²) < 4.78 is 10.5. The van der Waals surface area contributed by atoms with Gasteiger partial charge in [-0.2, -0.15) is 0 Å². The fourth-order valence-electron chi connectivity index (χ4n) is 1.94. The van der Waals surface area contributed by atoms with Crippen LogP contribution >= 0.6 is 12.2 Å². The molecule has 0 unspecified atom stereocenters. The molecule has 5 heteroatoms. The van der Waals surface area contributed by atoms with Crippen molar-refractivity contribution in [1.29, 1.82) is 0 Å². The lowest BCUT2D eigenvalue weighted by Crippen LogP contribution is -2.27. The zero-order valence-corrected chi connectivity index (χ0v) is 13.8. The van der Waals surface area contributed by atoms with Crippen LogP contribution in [0.25, 0.3) is 0 Å². The first-order valence-corrected chi connectivity index (χ1v) is 7.35. The number of nitrogens with one attached hydrogen (secondary N) is 2. The predicted octanol–water partition coefficient (Wildman–Crippen LogP) is 3.50. The molecular formula is C17H20N2O2S. The fourth-order valence-corrected chi connectivity index (χ4v) is 2.13. The van der Waals surface area contributed by atoms with Crippen molar-refractivity contribution >= 4 is 23.0 Å². The van der Waals surface area contributed by atoms with Crippen molar-refractivity contribution in [3.05, 3.63) is 53.6 Å². The molecular weight excluding hydrogens is 296 g/mol. The number of hydrogen-bond acceptors (Lipinski definition) is 3. The Kier molecular flexibility index (Phi) is 5.61. The second kappa shape index (κ2) is 7.66. The molecule has 0 bridgehead atoms. The average molecular weight is 316 g/mol. The highest BCUT2D eigenvalue weighted by atomic mass is 32.1. The molecule has 0 saturated heterocycles. The molecule has 0 aliphatic heterocycles. The van der Waals surface area contributed by atoms with Gasteiger partial charge in [0.2, 0.25) is 0 Å². The first kappa shape index (κ1) is 16.1. The number of thiocarbonyl (C=S) groups is 1. The zero-order chi connectivity index (χ0) is 15.9. The summed E-state index contributed by atoms with van der Waals surface area (Å²) in [6, 6.07) is 13.9. The summed E-state index contributed by atoms with van der Waals surface area (Å²) in [5, 5.41) is 6.87. The van der Waals surface area contributed by atoms with Gasteiger partial charge in [-0.25, -0.2) is 0 Å². The summed E-state index contributed by atoms with van der Waals surface area (Å²) in [4.78, 5) is 0. The van der Waals surface area contributed by atoms with Gasteiger partial charge in [0.05, 0.1) is 14.2 Å². The summed E-state index contributed by atoms with van der Waals surface area (Å²) in [5.41, 5.74) is 3.24. The summed E-state index contributed by atoms with van der Waals surface area (Å²) in [6.45, 7) is 2.74. The minimum atomic E-state index is 0.552. The summed E-state index contributed by atoms with van der Waals surface area (Å²) in [7, 11) is 3.24. The quantitative estimate of drug-likeness (QED) is 0.827. The topological polar surface area (TPSA) is 42.5 Å². The highest BCUT2D eigenvalue weighted by Gasteiger charge is 2.04. The van der Waals surface area contributed by atoms with Crippen LogP contribution in [0.4, 0.5) is 5.69 Å². The van der Waals surface area contributed by atoms with Gasteiger partial charge in [-0.3, -0.25) is 0 Å². The van der Waals surface area contributed by atoms with Crippen LogP contribution in [0.1, 0.15) is 11.1 Å². The van der Waals surface area contributed by atoms with Gasteiger partial charge in [-0.15, -0.1) is 0 Å². The Morgan fingerprint density at radius 2 is 1.59 bits per heavy atom. The Labute approximate surface area is 136 Å². The standard InChI is InChI=1S/C17H20N2O2S/c1-12-4-6-13(7-5-12)11-18-17(22)19-14-8-15(20-2)10-16(9-14)21-3/h4-10H,11H2,1-3H3,(H2,18,19,22). The van der Waals surface area contributed by atoms with E-state index in [1.54, 1.807) is 14.2 Å². The third-order valence-electron chi connectivity index (χ3n) is 3.18. The summed E-state index contributed by atoms with van der Waals surface area (Å²) in [6.07, 6.45) is 0. The minimum Gasteiger partial charge on any atom is -0.497 e. The molecule has 2 rings (SSSR count). The van der Waals surface area contributed by atoms with E-state index in [2.05, 4.69) is 41.8 Å². The van der Waals surface area contributed by atoms with E-state index in [4.69, 9.17) is 21.7 Å². The molecule has 0 aromatic heterocycles. The number of anilines is 1. The molecule has 116 valence electrons. The van der Waals surface area contributed by atoms with Crippen molar-refractivity contribution < 1.29 is 9.47 Å². The lowest BCUT2D eigenvalue weighted by atomic mass is 10.1. The van der Waals surface area contributed by atoms with E-state index in [9.17, 15) is 0 Å². The monoisotopic (exact) mass is 316 g/mol. The van der Waals surface area contributed by atoms with E-state index in [-0.39, 0.29) is 0 Å². The Balaban J connectivity index is 1.95. The molecule has 2 aromatic carbocycles. The lowest BCUT2D eigenvalue weighted by Gasteiger charge is -2.13. The van der Waals surface area contributed by atoms with Crippen LogP contribution in [-0.2, 0) is 6.54 Å². The molecule has 0 fully saturated rings. The van der Waals surface area contributed by atoms with Crippen molar-refractivity contribution in [2.75, 3.05) is 19.5 Å². The Morgan fingerprint density at radius 3 is 2.14 bits per heavy atom. The van der Waals surface area contributed by atoms with Crippen LogP contribution in [0.15, 0.2) is 42.5 Å². The highest BCUT2D eigenvalue weighted by Crippen LogP contribution is 2.25. The SMILES string of the molecule is COc1cc(NC(=S)NCc2ccc(C)cc2)cc(OC)c1. The van der Waals surface area contributed by atoms with Crippen LogP contribution in [0.2, 0.25) is 0 Å². The molecule has 0 atom stereocenters. The van der Waals surface area contributed by atoms with Gasteiger partial charge in [0.15, 0.2) is 5.11 Å². The third kappa shape index (κ3) is 4.63. The summed E-state index contributed by atoms with van der Waals surface area (Å²) in [5.74, 6) is 1.42. The molecule has 0 heterocycles. The normalized spacial score (nSPS) is 9.95. The predicted molar refractivity (Wildman–Crippen MR) is 93.8 cm³/mol. The van der Waals surface area contributed by atoms with Crippen LogP contribution in [0.3, 0.4) is 0 Å². The van der Waals surface area contributed by atoms with Gasteiger partial charge >= 0.3 is 0 Å². The number of rotatable bonds is 5. The van der Waals surface area contributed by atoms with Gasteiger partial charge in [0.1, 0.15) is 11.5 Å². The number of benzene rings is 2. The molecule has 0 aliphatic carbocycles. The van der Waals surface area contributed by atoms with Gasteiger partial charge in [-0.1, -0.05) is 29.8 Å². The van der Waals surface area contributed by atoms with Gasteiger partial charge in [0, 0.05) is 30.4 Å². The second-order valence-corrected chi connectivity index (χ2v) is 5.30. The maximum Gasteiger partial charge on any atom is 0.171 e. The van der Waals surface area contributed by atoms with E-state index >= 15 is 0 Å². The molecule has 4 nitrogen and oxygen atoms in total. The number of ether oxygens (including phenoxy) is 2. The first-order valence-electron chi connectivity index (χ1n) is 6.94. The molecule has 0 amide bonds. The fraction of sp³-hybridized carbons (Fsp3) is 0.235. The highest BCUT2D eigenvalue weighted by molar-refractivity contribution is 7.80. The van der Waals surface area contributed by atoms with Crippen LogP contribution < -0.4 is 20.1 Å². The molecule has 0 spiro atoms. The zero-order valence-electron chi connectivity index (χ0n) is 13.0. The van der Waals surface area contributed by atoms with E-state index in [1.807, 2.05) is 18.2 Å². The second-order valence-electron chi connectivity index (χ2n) is 4.89. The molecule has 2 aromatic rings. The number of aryl methyl sites for hydroxylation is 1. The van der Waals surface area contributed by atoms with E-state index in [0.29, 0.717) is 23.2 Å². The van der Waals surface area contributed by atoms with E-state index < -0.39 is 0 Å². The van der Waals surface area contributed by atoms with Crippen molar-refractivity contribution in [1.82, 2.24) is 5.32 Å². The van der Waals surface area contributed by atoms with Gasteiger partial charge in [-0.05, 0) is 24.7 Å². The smallest absolute Gasteiger partial charge is 0.171 e. The molecule has 0 aliphatic rings. The maximum absolute atomic E-state index is 5.32. The van der Waals surface area contributed by atoms with Gasteiger partial charge in [0.25, 0.3) is 0 Å². The Hall–Kier alpha value is -2.27. The van der Waals surface area contributed by atoms with E-state index in [1.165, 1.54) is 11.1 Å². The van der Waals surface area contributed by atoms with Crippen LogP contribution in [0, 0.1) is 6.92 Å². The number of hydrogen-bond donors (Lipinski definition) is 2. The first-order chi connectivity index (χ1) is 10.6. The average Bonchev–Trinajstić information content (AvgIpc) is 2.54. The lowest BCUT2D eigenvalue weighted by molar-refractivity contribution is 0.395. The molecule has 0 radical (unpaired) electrons. The largest absolute Gasteiger partial charge is 0.497 e. The summed E-state index contributed by atoms with van der Waals surface area (Å²) >= 11 is 5.32. The third-order valence-corrected chi connectivity index (χ3v) is 3.43.